The van der Waals surface area contributed by atoms with Gasteiger partial charge in [0.25, 0.3) is 0 Å². The number of methoxy groups -OCH3 is 1. The van der Waals surface area contributed by atoms with Crippen LogP contribution in [0.25, 0.3) is 0 Å². The Bertz CT molecular complexity index is 899. The number of fused-ring (bicyclic) bond motifs is 1. The van der Waals surface area contributed by atoms with E-state index >= 15 is 0 Å². The van der Waals surface area contributed by atoms with Gasteiger partial charge < -0.3 is 48.8 Å². The second-order valence-corrected chi connectivity index (χ2v) is 12.1. The van der Waals surface area contributed by atoms with E-state index in [4.69, 9.17) is 38.6 Å². The van der Waals surface area contributed by atoms with Crippen LogP contribution in [0.5, 0.6) is 0 Å². The van der Waals surface area contributed by atoms with E-state index in [0.29, 0.717) is 0 Å². The van der Waals surface area contributed by atoms with Gasteiger partial charge in [0.15, 0.2) is 24.4 Å². The summed E-state index contributed by atoms with van der Waals surface area (Å²) >= 11 is 0. The first-order valence-electron chi connectivity index (χ1n) is 13.5. The monoisotopic (exact) mass is 632 g/mol. The van der Waals surface area contributed by atoms with Gasteiger partial charge in [-0.15, -0.1) is 0 Å². The van der Waals surface area contributed by atoms with Gasteiger partial charge in [-0.1, -0.05) is 13.8 Å². The molecule has 0 radical (unpaired) electrons. The van der Waals surface area contributed by atoms with Crippen molar-refractivity contribution in [3.63, 3.8) is 0 Å². The molecule has 3 aliphatic heterocycles. The summed E-state index contributed by atoms with van der Waals surface area (Å²) in [5.41, 5.74) is -1.49. The molecular formula is C28H49NaO14. The number of carbonyl (C=O) groups is 4. The van der Waals surface area contributed by atoms with E-state index in [9.17, 15) is 29.4 Å². The number of aliphatic hydroxyl groups excluding tert-OH is 3. The van der Waals surface area contributed by atoms with Crippen molar-refractivity contribution < 1.29 is 97.6 Å². The zero-order chi connectivity index (χ0) is 33.3. The van der Waals surface area contributed by atoms with Crippen molar-refractivity contribution in [2.75, 3.05) is 21.3 Å². The number of rotatable bonds is 3. The zero-order valence-corrected chi connectivity index (χ0v) is 29.6. The fraction of sp³-hybridized carbons (Fsp3) is 0.857. The van der Waals surface area contributed by atoms with E-state index in [1.807, 2.05) is 13.8 Å². The molecule has 0 aromatic carbocycles. The first-order chi connectivity index (χ1) is 19.3. The molecule has 15 heteroatoms. The number of carbonyl (C=O) groups excluding carboxylic acids is 4. The van der Waals surface area contributed by atoms with Crippen molar-refractivity contribution in [1.29, 1.82) is 0 Å². The number of ether oxygens (including phenoxy) is 6. The van der Waals surface area contributed by atoms with Gasteiger partial charge in [-0.2, -0.15) is 7.11 Å². The van der Waals surface area contributed by atoms with Crippen LogP contribution in [0.3, 0.4) is 0 Å². The van der Waals surface area contributed by atoms with Gasteiger partial charge in [0.2, 0.25) is 6.29 Å². The summed E-state index contributed by atoms with van der Waals surface area (Å²) < 4.78 is 31.5. The summed E-state index contributed by atoms with van der Waals surface area (Å²) in [6.45, 7) is 15.6. The van der Waals surface area contributed by atoms with E-state index in [0.717, 1.165) is 14.2 Å². The average molecular weight is 633 g/mol. The fourth-order valence-electron chi connectivity index (χ4n) is 3.99. The van der Waals surface area contributed by atoms with Crippen LogP contribution in [0.15, 0.2) is 0 Å². The normalized spacial score (nSPS) is 32.8. The summed E-state index contributed by atoms with van der Waals surface area (Å²) in [5, 5.41) is 33.8. The van der Waals surface area contributed by atoms with Crippen LogP contribution in [0.4, 0.5) is 0 Å². The second kappa shape index (κ2) is 18.6. The molecule has 0 aromatic rings. The number of aliphatic hydroxyl groups is 3. The molecule has 246 valence electrons. The second-order valence-electron chi connectivity index (χ2n) is 12.1. The van der Waals surface area contributed by atoms with E-state index < -0.39 is 77.6 Å². The predicted molar refractivity (Wildman–Crippen MR) is 144 cm³/mol. The maximum atomic E-state index is 12.4. The van der Waals surface area contributed by atoms with Gasteiger partial charge in [0.05, 0.1) is 24.0 Å². The van der Waals surface area contributed by atoms with E-state index in [1.54, 1.807) is 48.5 Å². The Hall–Kier alpha value is -1.36. The molecule has 14 nitrogen and oxygen atoms in total. The molecule has 0 saturated carbocycles. The zero-order valence-electron chi connectivity index (χ0n) is 27.6. The molecule has 0 spiro atoms. The minimum Gasteiger partial charge on any atom is -0.857 e. The first kappa shape index (κ1) is 43.8. The molecule has 0 aromatic heterocycles. The molecule has 0 amide bonds. The molecule has 3 heterocycles. The van der Waals surface area contributed by atoms with Crippen molar-refractivity contribution in [3.05, 3.63) is 0 Å². The van der Waals surface area contributed by atoms with Crippen LogP contribution in [0.2, 0.25) is 0 Å². The summed E-state index contributed by atoms with van der Waals surface area (Å²) in [4.78, 5) is 47.5. The molecule has 0 bridgehead atoms. The van der Waals surface area contributed by atoms with Gasteiger partial charge in [0.1, 0.15) is 12.2 Å². The molecule has 0 aliphatic carbocycles. The molecule has 3 saturated heterocycles. The van der Waals surface area contributed by atoms with Crippen molar-refractivity contribution in [2.45, 2.75) is 111 Å². The summed E-state index contributed by atoms with van der Waals surface area (Å²) in [5.74, 6) is -2.78. The molecule has 43 heavy (non-hydrogen) atoms. The third kappa shape index (κ3) is 11.5. The minimum absolute atomic E-state index is 0. The largest absolute Gasteiger partial charge is 1.00 e. The van der Waals surface area contributed by atoms with Crippen LogP contribution >= 0.6 is 0 Å². The van der Waals surface area contributed by atoms with Gasteiger partial charge in [-0.25, -0.2) is 9.59 Å². The summed E-state index contributed by atoms with van der Waals surface area (Å²) in [6, 6.07) is 0. The molecule has 3 fully saturated rings. The van der Waals surface area contributed by atoms with Crippen LogP contribution in [0, 0.1) is 22.7 Å². The van der Waals surface area contributed by atoms with Crippen molar-refractivity contribution in [2.24, 2.45) is 22.7 Å². The van der Waals surface area contributed by atoms with Crippen LogP contribution in [-0.4, -0.2) is 110 Å². The smallest absolute Gasteiger partial charge is 0.857 e. The molecule has 10 atom stereocenters. The van der Waals surface area contributed by atoms with Gasteiger partial charge >= 0.3 is 53.4 Å². The van der Waals surface area contributed by atoms with E-state index in [-0.39, 0.29) is 47.5 Å². The maximum Gasteiger partial charge on any atom is 1.00 e. The third-order valence-electron chi connectivity index (χ3n) is 6.82. The molecule has 3 rings (SSSR count). The van der Waals surface area contributed by atoms with Gasteiger partial charge in [-0.05, 0) is 54.4 Å². The van der Waals surface area contributed by atoms with Crippen molar-refractivity contribution in [1.82, 2.24) is 0 Å². The van der Waals surface area contributed by atoms with Crippen molar-refractivity contribution in [3.8, 4) is 0 Å². The molecule has 3 N–H and O–H groups in total. The summed E-state index contributed by atoms with van der Waals surface area (Å²) in [7, 11) is 3.02. The number of hydrogen-bond acceptors (Lipinski definition) is 14. The van der Waals surface area contributed by atoms with E-state index in [1.165, 1.54) is 7.11 Å². The van der Waals surface area contributed by atoms with Crippen LogP contribution < -0.4 is 34.7 Å². The Morgan fingerprint density at radius 2 is 1.28 bits per heavy atom. The SMILES string of the molecule is CC1OC2C(OC(=O)[C@@H]2O)[C@H]1O.CO.COC(=O)C1OC(OC(=O)C(C)(C)C)C(OC(=O)C(C)(C)C)C(C)C1C.C[O-].[Na+]. The van der Waals surface area contributed by atoms with Crippen molar-refractivity contribution >= 4 is 23.9 Å². The predicted octanol–water partition coefficient (Wildman–Crippen LogP) is -3.29. The Balaban J connectivity index is 0. The standard InChI is InChI=1S/C19H32O7.C7H10O5.CH4O.CH3O.Na/c1-10-11(2)13(25-16(21)18(3,4)5)15(24-12(10)14(20)23-9)26-17(22)19(6,7)8;1-2-3(8)5-6(11-2)4(9)7(10)12-5;2*1-2;/h10-13,15H,1-9H3;2-6,8-9H,1H3;2H,1H3;1H3;/q;;;-1;+1/t;2?,3-,4+,5?,6?;;;/m.0.../s1. The Kier molecular flexibility index (Phi) is 18.9. The minimum atomic E-state index is -1.24. The van der Waals surface area contributed by atoms with Gasteiger partial charge in [-0.3, -0.25) is 9.59 Å². The Labute approximate surface area is 276 Å². The topological polar surface area (TPSA) is 207 Å². The Morgan fingerprint density at radius 1 is 0.814 bits per heavy atom. The number of esters is 4. The first-order valence-corrected chi connectivity index (χ1v) is 13.5. The fourth-order valence-corrected chi connectivity index (χ4v) is 3.99. The molecular weight excluding hydrogens is 583 g/mol. The van der Waals surface area contributed by atoms with Crippen LogP contribution in [0.1, 0.15) is 62.3 Å². The molecule has 3 aliphatic rings. The Morgan fingerprint density at radius 3 is 1.70 bits per heavy atom. The maximum absolute atomic E-state index is 12.4. The quantitative estimate of drug-likeness (QED) is 0.158. The third-order valence-corrected chi connectivity index (χ3v) is 6.82. The van der Waals surface area contributed by atoms with Crippen LogP contribution in [-0.2, 0) is 47.6 Å². The molecule has 8 unspecified atom stereocenters. The average Bonchev–Trinajstić information content (AvgIpc) is 3.37. The van der Waals surface area contributed by atoms with Gasteiger partial charge in [0, 0.05) is 13.0 Å². The van der Waals surface area contributed by atoms with E-state index in [2.05, 4.69) is 0 Å². The summed E-state index contributed by atoms with van der Waals surface area (Å²) in [6.07, 6.45) is -6.73. The number of hydrogen-bond donors (Lipinski definition) is 3.